The van der Waals surface area contributed by atoms with Crippen molar-refractivity contribution in [1.29, 1.82) is 5.26 Å². The molecule has 0 saturated heterocycles. The zero-order valence-corrected chi connectivity index (χ0v) is 13.9. The molecular weight excluding hydrogens is 318 g/mol. The van der Waals surface area contributed by atoms with Gasteiger partial charge in [0.1, 0.15) is 17.4 Å². The van der Waals surface area contributed by atoms with Gasteiger partial charge >= 0.3 is 5.97 Å². The number of rotatable bonds is 6. The first kappa shape index (κ1) is 17.9. The number of hydrogen-bond donors (Lipinski definition) is 2. The summed E-state index contributed by atoms with van der Waals surface area (Å²) >= 11 is 0. The fourth-order valence-corrected chi connectivity index (χ4v) is 2.18. The lowest BCUT2D eigenvalue weighted by Gasteiger charge is -2.07. The van der Waals surface area contributed by atoms with Gasteiger partial charge in [0.2, 0.25) is 0 Å². The maximum atomic E-state index is 12.0. The van der Waals surface area contributed by atoms with Gasteiger partial charge in [-0.1, -0.05) is 18.2 Å². The number of nitrogen functional groups attached to an aromatic ring is 2. The Bertz CT molecular complexity index is 821. The van der Waals surface area contributed by atoms with Crippen molar-refractivity contribution in [3.63, 3.8) is 0 Å². The molecule has 2 aromatic carbocycles. The molecule has 0 aliphatic rings. The average molecular weight is 337 g/mol. The van der Waals surface area contributed by atoms with E-state index in [1.807, 2.05) is 6.07 Å². The first-order valence-electron chi connectivity index (χ1n) is 7.60. The number of nitriles is 1. The SMILES string of the molecule is COc1ccc(C=C(C#N)C(=O)OCCc2ccc(N)cc2N)cc1. The first-order chi connectivity index (χ1) is 12.0. The van der Waals surface area contributed by atoms with E-state index in [9.17, 15) is 10.1 Å². The molecule has 2 aromatic rings. The molecule has 0 saturated carbocycles. The van der Waals surface area contributed by atoms with Crippen molar-refractivity contribution in [3.05, 3.63) is 59.2 Å². The van der Waals surface area contributed by atoms with Gasteiger partial charge in [-0.3, -0.25) is 0 Å². The highest BCUT2D eigenvalue weighted by Crippen LogP contribution is 2.17. The van der Waals surface area contributed by atoms with Crippen LogP contribution >= 0.6 is 0 Å². The molecule has 25 heavy (non-hydrogen) atoms. The van der Waals surface area contributed by atoms with Crippen LogP contribution in [-0.4, -0.2) is 19.7 Å². The predicted octanol–water partition coefficient (Wildman–Crippen LogP) is 2.55. The van der Waals surface area contributed by atoms with Crippen LogP contribution in [0.3, 0.4) is 0 Å². The largest absolute Gasteiger partial charge is 0.497 e. The van der Waals surface area contributed by atoms with Crippen molar-refractivity contribution in [2.45, 2.75) is 6.42 Å². The summed E-state index contributed by atoms with van der Waals surface area (Å²) in [5.41, 5.74) is 14.1. The molecule has 2 rings (SSSR count). The molecule has 0 bridgehead atoms. The van der Waals surface area contributed by atoms with Crippen LogP contribution in [0.15, 0.2) is 48.0 Å². The minimum Gasteiger partial charge on any atom is -0.497 e. The Hall–Kier alpha value is -3.46. The molecule has 0 atom stereocenters. The topological polar surface area (TPSA) is 111 Å². The van der Waals surface area contributed by atoms with Gasteiger partial charge in [-0.15, -0.1) is 0 Å². The van der Waals surface area contributed by atoms with Crippen molar-refractivity contribution < 1.29 is 14.3 Å². The Labute approximate surface area is 146 Å². The summed E-state index contributed by atoms with van der Waals surface area (Å²) in [5.74, 6) is 0.0201. The maximum Gasteiger partial charge on any atom is 0.348 e. The molecule has 6 nitrogen and oxygen atoms in total. The zero-order chi connectivity index (χ0) is 18.2. The van der Waals surface area contributed by atoms with E-state index in [2.05, 4.69) is 0 Å². The van der Waals surface area contributed by atoms with Crippen LogP contribution < -0.4 is 16.2 Å². The molecule has 0 radical (unpaired) electrons. The lowest BCUT2D eigenvalue weighted by Crippen LogP contribution is -2.10. The lowest BCUT2D eigenvalue weighted by molar-refractivity contribution is -0.138. The summed E-state index contributed by atoms with van der Waals surface area (Å²) in [5, 5.41) is 9.17. The summed E-state index contributed by atoms with van der Waals surface area (Å²) < 4.78 is 10.2. The van der Waals surface area contributed by atoms with E-state index in [4.69, 9.17) is 20.9 Å². The quantitative estimate of drug-likeness (QED) is 0.363. The van der Waals surface area contributed by atoms with Crippen molar-refractivity contribution in [3.8, 4) is 11.8 Å². The normalized spacial score (nSPS) is 10.8. The van der Waals surface area contributed by atoms with Crippen LogP contribution in [-0.2, 0) is 16.0 Å². The van der Waals surface area contributed by atoms with Gasteiger partial charge in [-0.05, 0) is 41.5 Å². The van der Waals surface area contributed by atoms with Crippen molar-refractivity contribution >= 4 is 23.4 Å². The second-order valence-corrected chi connectivity index (χ2v) is 5.29. The number of ether oxygens (including phenoxy) is 2. The summed E-state index contributed by atoms with van der Waals surface area (Å²) in [6.07, 6.45) is 1.92. The molecule has 0 aliphatic carbocycles. The number of esters is 1. The van der Waals surface area contributed by atoms with Gasteiger partial charge in [-0.2, -0.15) is 5.26 Å². The van der Waals surface area contributed by atoms with E-state index in [0.29, 0.717) is 29.1 Å². The highest BCUT2D eigenvalue weighted by Gasteiger charge is 2.11. The molecule has 0 heterocycles. The Morgan fingerprint density at radius 3 is 2.52 bits per heavy atom. The molecule has 128 valence electrons. The van der Waals surface area contributed by atoms with Gasteiger partial charge in [0, 0.05) is 17.8 Å². The fourth-order valence-electron chi connectivity index (χ4n) is 2.18. The molecule has 0 unspecified atom stereocenters. The van der Waals surface area contributed by atoms with E-state index in [1.54, 1.807) is 49.6 Å². The highest BCUT2D eigenvalue weighted by molar-refractivity contribution is 5.97. The molecule has 0 spiro atoms. The number of nitrogens with zero attached hydrogens (tertiary/aromatic N) is 1. The molecular formula is C19H19N3O3. The van der Waals surface area contributed by atoms with Crippen LogP contribution in [0.2, 0.25) is 0 Å². The monoisotopic (exact) mass is 337 g/mol. The second-order valence-electron chi connectivity index (χ2n) is 5.29. The van der Waals surface area contributed by atoms with Crippen LogP contribution in [0.5, 0.6) is 5.75 Å². The number of anilines is 2. The first-order valence-corrected chi connectivity index (χ1v) is 7.60. The smallest absolute Gasteiger partial charge is 0.348 e. The standard InChI is InChI=1S/C19H19N3O3/c1-24-17-6-2-13(3-7-17)10-15(12-20)19(23)25-9-8-14-4-5-16(21)11-18(14)22/h2-7,10-11H,8-9,21-22H2,1H3. The van der Waals surface area contributed by atoms with Crippen molar-refractivity contribution in [1.82, 2.24) is 0 Å². The van der Waals surface area contributed by atoms with E-state index in [0.717, 1.165) is 5.56 Å². The number of methoxy groups -OCH3 is 1. The van der Waals surface area contributed by atoms with E-state index < -0.39 is 5.97 Å². The van der Waals surface area contributed by atoms with Crippen LogP contribution in [0, 0.1) is 11.3 Å². The van der Waals surface area contributed by atoms with Gasteiger partial charge in [0.05, 0.1) is 13.7 Å². The van der Waals surface area contributed by atoms with E-state index in [1.165, 1.54) is 6.08 Å². The van der Waals surface area contributed by atoms with Gasteiger partial charge in [-0.25, -0.2) is 4.79 Å². The Morgan fingerprint density at radius 2 is 1.92 bits per heavy atom. The predicted molar refractivity (Wildman–Crippen MR) is 96.5 cm³/mol. The summed E-state index contributed by atoms with van der Waals surface area (Å²) in [7, 11) is 1.57. The maximum absolute atomic E-state index is 12.0. The third-order valence-corrected chi connectivity index (χ3v) is 3.54. The van der Waals surface area contributed by atoms with Gasteiger partial charge in [0.25, 0.3) is 0 Å². The van der Waals surface area contributed by atoms with Crippen molar-refractivity contribution in [2.24, 2.45) is 0 Å². The fraction of sp³-hybridized carbons (Fsp3) is 0.158. The summed E-state index contributed by atoms with van der Waals surface area (Å²) in [6.45, 7) is 0.120. The van der Waals surface area contributed by atoms with E-state index >= 15 is 0 Å². The minimum atomic E-state index is -0.674. The van der Waals surface area contributed by atoms with Crippen LogP contribution in [0.25, 0.3) is 6.08 Å². The lowest BCUT2D eigenvalue weighted by atomic mass is 10.1. The Balaban J connectivity index is 1.97. The third kappa shape index (κ3) is 5.01. The van der Waals surface area contributed by atoms with Crippen LogP contribution in [0.1, 0.15) is 11.1 Å². The average Bonchev–Trinajstić information content (AvgIpc) is 2.61. The number of benzene rings is 2. The molecule has 0 fully saturated rings. The summed E-state index contributed by atoms with van der Waals surface area (Å²) in [4.78, 5) is 12.0. The van der Waals surface area contributed by atoms with E-state index in [-0.39, 0.29) is 12.2 Å². The highest BCUT2D eigenvalue weighted by atomic mass is 16.5. The molecule has 4 N–H and O–H groups in total. The zero-order valence-electron chi connectivity index (χ0n) is 13.9. The molecule has 0 aromatic heterocycles. The van der Waals surface area contributed by atoms with Gasteiger partial charge < -0.3 is 20.9 Å². The van der Waals surface area contributed by atoms with Gasteiger partial charge in [0.15, 0.2) is 0 Å². The third-order valence-electron chi connectivity index (χ3n) is 3.54. The van der Waals surface area contributed by atoms with Crippen LogP contribution in [0.4, 0.5) is 11.4 Å². The number of carbonyl (C=O) groups excluding carboxylic acids is 1. The second kappa shape index (κ2) is 8.41. The Morgan fingerprint density at radius 1 is 1.20 bits per heavy atom. The molecule has 0 amide bonds. The molecule has 6 heteroatoms. The minimum absolute atomic E-state index is 0.0737. The summed E-state index contributed by atoms with van der Waals surface area (Å²) in [6, 6.07) is 14.0. The number of hydrogen-bond acceptors (Lipinski definition) is 6. The Kier molecular flexibility index (Phi) is 6.02. The number of carbonyl (C=O) groups is 1. The van der Waals surface area contributed by atoms with Crippen molar-refractivity contribution in [2.75, 3.05) is 25.2 Å². The molecule has 0 aliphatic heterocycles. The number of nitrogens with two attached hydrogens (primary N) is 2.